The van der Waals surface area contributed by atoms with Gasteiger partial charge in [-0.25, -0.2) is 4.79 Å². The van der Waals surface area contributed by atoms with Crippen molar-refractivity contribution in [3.05, 3.63) is 64.7 Å². The van der Waals surface area contributed by atoms with E-state index in [0.29, 0.717) is 0 Å². The Labute approximate surface area is 142 Å². The number of amides is 2. The standard InChI is InChI=1S/C19H22N2OS/c1-13-5-4-6-16(12-13)20-19(22)21-9-10-23-18(21)17-8-7-14(2)11-15(17)3/h4-8,11-12,18H,9-10H2,1-3H3,(H,20,22)/t18-/m1/s1. The van der Waals surface area contributed by atoms with Crippen LogP contribution in [0, 0.1) is 20.8 Å². The molecule has 0 saturated carbocycles. The van der Waals surface area contributed by atoms with E-state index in [4.69, 9.17) is 0 Å². The third kappa shape index (κ3) is 3.53. The first kappa shape index (κ1) is 15.9. The Hall–Kier alpha value is -1.94. The van der Waals surface area contributed by atoms with Gasteiger partial charge in [-0.15, -0.1) is 11.8 Å². The highest BCUT2D eigenvalue weighted by Gasteiger charge is 2.31. The van der Waals surface area contributed by atoms with Crippen molar-refractivity contribution in [1.82, 2.24) is 4.90 Å². The molecular formula is C19H22N2OS. The zero-order valence-electron chi connectivity index (χ0n) is 13.8. The van der Waals surface area contributed by atoms with Crippen LogP contribution in [0.3, 0.4) is 0 Å². The molecule has 1 heterocycles. The summed E-state index contributed by atoms with van der Waals surface area (Å²) in [6, 6.07) is 14.4. The van der Waals surface area contributed by atoms with Crippen molar-refractivity contribution >= 4 is 23.5 Å². The van der Waals surface area contributed by atoms with E-state index in [-0.39, 0.29) is 11.4 Å². The van der Waals surface area contributed by atoms with Crippen molar-refractivity contribution in [3.8, 4) is 0 Å². The maximum atomic E-state index is 12.7. The third-order valence-corrected chi connectivity index (χ3v) is 5.35. The van der Waals surface area contributed by atoms with Crippen molar-refractivity contribution in [2.75, 3.05) is 17.6 Å². The van der Waals surface area contributed by atoms with Gasteiger partial charge in [-0.3, -0.25) is 0 Å². The van der Waals surface area contributed by atoms with E-state index in [1.54, 1.807) is 0 Å². The molecule has 0 radical (unpaired) electrons. The van der Waals surface area contributed by atoms with Gasteiger partial charge in [0.15, 0.2) is 0 Å². The minimum Gasteiger partial charge on any atom is -0.308 e. The van der Waals surface area contributed by atoms with E-state index >= 15 is 0 Å². The average molecular weight is 326 g/mol. The Kier molecular flexibility index (Phi) is 4.62. The summed E-state index contributed by atoms with van der Waals surface area (Å²) in [5, 5.41) is 3.13. The Bertz CT molecular complexity index is 729. The number of urea groups is 1. The molecule has 1 atom stereocenters. The SMILES string of the molecule is Cc1cccc(NC(=O)N2CCS[C@@H]2c2ccc(C)cc2C)c1. The molecule has 23 heavy (non-hydrogen) atoms. The lowest BCUT2D eigenvalue weighted by Gasteiger charge is -2.26. The number of nitrogens with one attached hydrogen (secondary N) is 1. The number of carbonyl (C=O) groups excluding carboxylic acids is 1. The minimum absolute atomic E-state index is 0.0226. The van der Waals surface area contributed by atoms with Crippen molar-refractivity contribution < 1.29 is 4.79 Å². The molecule has 0 unspecified atom stereocenters. The fourth-order valence-electron chi connectivity index (χ4n) is 2.96. The second kappa shape index (κ2) is 6.67. The first-order valence-corrected chi connectivity index (χ1v) is 8.92. The fraction of sp³-hybridized carbons (Fsp3) is 0.316. The molecule has 1 aliphatic heterocycles. The van der Waals surface area contributed by atoms with Gasteiger partial charge in [-0.1, -0.05) is 35.9 Å². The normalized spacial score (nSPS) is 17.3. The Morgan fingerprint density at radius 1 is 1.13 bits per heavy atom. The molecule has 3 nitrogen and oxygen atoms in total. The van der Waals surface area contributed by atoms with Crippen molar-refractivity contribution in [1.29, 1.82) is 0 Å². The summed E-state index contributed by atoms with van der Waals surface area (Å²) in [7, 11) is 0. The van der Waals surface area contributed by atoms with Crippen LogP contribution in [-0.4, -0.2) is 23.2 Å². The molecule has 1 N–H and O–H groups in total. The highest BCUT2D eigenvalue weighted by Crippen LogP contribution is 2.39. The van der Waals surface area contributed by atoms with Crippen LogP contribution in [-0.2, 0) is 0 Å². The van der Waals surface area contributed by atoms with E-state index in [2.05, 4.69) is 37.4 Å². The van der Waals surface area contributed by atoms with Gasteiger partial charge >= 0.3 is 6.03 Å². The van der Waals surface area contributed by atoms with Crippen LogP contribution in [0.25, 0.3) is 0 Å². The molecule has 0 spiro atoms. The van der Waals surface area contributed by atoms with E-state index in [9.17, 15) is 4.79 Å². The first-order chi connectivity index (χ1) is 11.0. The molecule has 2 aromatic carbocycles. The lowest BCUT2D eigenvalue weighted by atomic mass is 10.1. The zero-order chi connectivity index (χ0) is 16.4. The van der Waals surface area contributed by atoms with E-state index in [1.807, 2.05) is 47.9 Å². The zero-order valence-corrected chi connectivity index (χ0v) is 14.6. The molecule has 1 saturated heterocycles. The Morgan fingerprint density at radius 2 is 1.91 bits per heavy atom. The van der Waals surface area contributed by atoms with Crippen LogP contribution < -0.4 is 5.32 Å². The number of benzene rings is 2. The number of hydrogen-bond donors (Lipinski definition) is 1. The molecule has 3 rings (SSSR count). The fourth-order valence-corrected chi connectivity index (χ4v) is 4.31. The predicted octanol–water partition coefficient (Wildman–Crippen LogP) is 4.89. The molecule has 120 valence electrons. The number of rotatable bonds is 2. The summed E-state index contributed by atoms with van der Waals surface area (Å²) in [6.45, 7) is 7.03. The smallest absolute Gasteiger partial charge is 0.308 e. The van der Waals surface area contributed by atoms with Crippen molar-refractivity contribution in [2.45, 2.75) is 26.1 Å². The third-order valence-electron chi connectivity index (χ3n) is 4.11. The minimum atomic E-state index is -0.0226. The summed E-state index contributed by atoms with van der Waals surface area (Å²) in [4.78, 5) is 14.6. The molecule has 0 bridgehead atoms. The van der Waals surface area contributed by atoms with Gasteiger partial charge in [-0.05, 0) is 49.6 Å². The van der Waals surface area contributed by atoms with Gasteiger partial charge in [0.05, 0.1) is 0 Å². The van der Waals surface area contributed by atoms with E-state index in [1.165, 1.54) is 16.7 Å². The van der Waals surface area contributed by atoms with Crippen LogP contribution in [0.5, 0.6) is 0 Å². The molecule has 0 aliphatic carbocycles. The summed E-state index contributed by atoms with van der Waals surface area (Å²) in [5.74, 6) is 0.971. The topological polar surface area (TPSA) is 32.3 Å². The van der Waals surface area contributed by atoms with Crippen LogP contribution >= 0.6 is 11.8 Å². The predicted molar refractivity (Wildman–Crippen MR) is 98.0 cm³/mol. The maximum absolute atomic E-state index is 12.7. The number of hydrogen-bond acceptors (Lipinski definition) is 2. The highest BCUT2D eigenvalue weighted by atomic mass is 32.2. The first-order valence-electron chi connectivity index (χ1n) is 7.87. The van der Waals surface area contributed by atoms with Crippen LogP contribution in [0.15, 0.2) is 42.5 Å². The van der Waals surface area contributed by atoms with Gasteiger partial charge in [0, 0.05) is 18.0 Å². The molecular weight excluding hydrogens is 304 g/mol. The van der Waals surface area contributed by atoms with Crippen LogP contribution in [0.4, 0.5) is 10.5 Å². The van der Waals surface area contributed by atoms with Crippen molar-refractivity contribution in [3.63, 3.8) is 0 Å². The van der Waals surface area contributed by atoms with E-state index in [0.717, 1.165) is 23.5 Å². The largest absolute Gasteiger partial charge is 0.323 e. The quantitative estimate of drug-likeness (QED) is 0.852. The summed E-state index contributed by atoms with van der Waals surface area (Å²) < 4.78 is 0. The van der Waals surface area contributed by atoms with E-state index < -0.39 is 0 Å². The summed E-state index contributed by atoms with van der Waals surface area (Å²) >= 11 is 1.83. The number of nitrogens with zero attached hydrogens (tertiary/aromatic N) is 1. The highest BCUT2D eigenvalue weighted by molar-refractivity contribution is 7.99. The number of anilines is 1. The summed E-state index contributed by atoms with van der Waals surface area (Å²) in [5.41, 5.74) is 5.73. The average Bonchev–Trinajstić information content (AvgIpc) is 2.96. The lowest BCUT2D eigenvalue weighted by molar-refractivity contribution is 0.214. The molecule has 0 aromatic heterocycles. The molecule has 2 aromatic rings. The van der Waals surface area contributed by atoms with Crippen molar-refractivity contribution in [2.24, 2.45) is 0 Å². The van der Waals surface area contributed by atoms with Gasteiger partial charge in [0.2, 0.25) is 0 Å². The number of carbonyl (C=O) groups is 1. The van der Waals surface area contributed by atoms with Gasteiger partial charge in [-0.2, -0.15) is 0 Å². The van der Waals surface area contributed by atoms with Gasteiger partial charge in [0.1, 0.15) is 5.37 Å². The molecule has 4 heteroatoms. The maximum Gasteiger partial charge on any atom is 0.323 e. The second-order valence-electron chi connectivity index (χ2n) is 6.08. The molecule has 2 amide bonds. The number of aryl methyl sites for hydroxylation is 3. The molecule has 1 fully saturated rings. The Morgan fingerprint density at radius 3 is 2.65 bits per heavy atom. The summed E-state index contributed by atoms with van der Waals surface area (Å²) in [6.07, 6.45) is 0. The number of thioether (sulfide) groups is 1. The Balaban J connectivity index is 1.79. The van der Waals surface area contributed by atoms with Gasteiger partial charge < -0.3 is 10.2 Å². The van der Waals surface area contributed by atoms with Crippen LogP contribution in [0.2, 0.25) is 0 Å². The van der Waals surface area contributed by atoms with Crippen LogP contribution in [0.1, 0.15) is 27.6 Å². The second-order valence-corrected chi connectivity index (χ2v) is 7.26. The van der Waals surface area contributed by atoms with Gasteiger partial charge in [0.25, 0.3) is 0 Å². The molecule has 1 aliphatic rings. The monoisotopic (exact) mass is 326 g/mol. The lowest BCUT2D eigenvalue weighted by Crippen LogP contribution is -2.34.